The molecule has 0 N–H and O–H groups in total. The van der Waals surface area contributed by atoms with Crippen LogP contribution in [0.15, 0.2) is 0 Å². The largest absolute Gasteiger partial charge is 0.347 e. The summed E-state index contributed by atoms with van der Waals surface area (Å²) < 4.78 is 11.7. The molecule has 0 unspecified atom stereocenters. The lowest BCUT2D eigenvalue weighted by atomic mass is 9.79. The zero-order chi connectivity index (χ0) is 10.8. The van der Waals surface area contributed by atoms with Gasteiger partial charge in [0.1, 0.15) is 0 Å². The molecule has 1 aliphatic heterocycles. The molecule has 1 atom stereocenters. The Kier molecular flexibility index (Phi) is 3.04. The van der Waals surface area contributed by atoms with E-state index in [4.69, 9.17) is 15.9 Å². The first-order valence-electron chi connectivity index (χ1n) is 5.94. The summed E-state index contributed by atoms with van der Waals surface area (Å²) in [6.07, 6.45) is 11.8. The van der Waals surface area contributed by atoms with E-state index in [1.165, 1.54) is 12.8 Å². The van der Waals surface area contributed by atoms with Gasteiger partial charge in [0, 0.05) is 18.3 Å². The standard InChI is InChI=1S/C13H20O2/c1-3-4-5-7-12(2)8-6-9-13(12)14-10-11-15-13/h1H,4-11H2,2H3/t12-/m1/s1. The highest BCUT2D eigenvalue weighted by Crippen LogP contribution is 2.53. The molecule has 84 valence electrons. The van der Waals surface area contributed by atoms with Crippen LogP contribution in [0.2, 0.25) is 0 Å². The highest BCUT2D eigenvalue weighted by molar-refractivity contribution is 4.99. The van der Waals surface area contributed by atoms with Crippen LogP contribution in [0.4, 0.5) is 0 Å². The quantitative estimate of drug-likeness (QED) is 0.524. The van der Waals surface area contributed by atoms with E-state index in [2.05, 4.69) is 12.8 Å². The number of terminal acetylenes is 1. The van der Waals surface area contributed by atoms with Crippen molar-refractivity contribution < 1.29 is 9.47 Å². The molecule has 1 aliphatic carbocycles. The normalized spacial score (nSPS) is 33.3. The van der Waals surface area contributed by atoms with Crippen LogP contribution in [0.25, 0.3) is 0 Å². The van der Waals surface area contributed by atoms with Crippen molar-refractivity contribution in [1.29, 1.82) is 0 Å². The topological polar surface area (TPSA) is 18.5 Å². The van der Waals surface area contributed by atoms with E-state index in [1.54, 1.807) is 0 Å². The van der Waals surface area contributed by atoms with E-state index in [0.717, 1.165) is 38.9 Å². The molecule has 1 heterocycles. The van der Waals surface area contributed by atoms with Gasteiger partial charge < -0.3 is 9.47 Å². The first-order chi connectivity index (χ1) is 7.22. The first-order valence-corrected chi connectivity index (χ1v) is 5.94. The minimum atomic E-state index is -0.276. The molecule has 0 aromatic carbocycles. The third kappa shape index (κ3) is 1.79. The second-order valence-electron chi connectivity index (χ2n) is 4.92. The van der Waals surface area contributed by atoms with Crippen LogP contribution >= 0.6 is 0 Å². The van der Waals surface area contributed by atoms with E-state index in [-0.39, 0.29) is 11.2 Å². The molecule has 1 saturated heterocycles. The third-order valence-electron chi connectivity index (χ3n) is 3.96. The lowest BCUT2D eigenvalue weighted by molar-refractivity contribution is -0.218. The third-order valence-corrected chi connectivity index (χ3v) is 3.96. The fraction of sp³-hybridized carbons (Fsp3) is 0.846. The summed E-state index contributed by atoms with van der Waals surface area (Å²) in [5, 5.41) is 0. The van der Waals surface area contributed by atoms with Crippen LogP contribution in [0.1, 0.15) is 45.4 Å². The summed E-state index contributed by atoms with van der Waals surface area (Å²) in [7, 11) is 0. The van der Waals surface area contributed by atoms with Gasteiger partial charge in [-0.3, -0.25) is 0 Å². The zero-order valence-corrected chi connectivity index (χ0v) is 9.55. The minimum Gasteiger partial charge on any atom is -0.347 e. The van der Waals surface area contributed by atoms with E-state index >= 15 is 0 Å². The van der Waals surface area contributed by atoms with Gasteiger partial charge in [-0.2, -0.15) is 0 Å². The van der Waals surface area contributed by atoms with Crippen LogP contribution < -0.4 is 0 Å². The maximum absolute atomic E-state index is 5.87. The molecule has 0 amide bonds. The molecule has 2 rings (SSSR count). The second-order valence-corrected chi connectivity index (χ2v) is 4.92. The van der Waals surface area contributed by atoms with E-state index < -0.39 is 0 Å². The van der Waals surface area contributed by atoms with Crippen LogP contribution in [-0.2, 0) is 9.47 Å². The Morgan fingerprint density at radius 1 is 1.27 bits per heavy atom. The predicted molar refractivity (Wildman–Crippen MR) is 59.3 cm³/mol. The van der Waals surface area contributed by atoms with Gasteiger partial charge >= 0.3 is 0 Å². The Balaban J connectivity index is 2.02. The van der Waals surface area contributed by atoms with Gasteiger partial charge in [0.15, 0.2) is 5.79 Å². The molecule has 0 radical (unpaired) electrons. The maximum Gasteiger partial charge on any atom is 0.173 e. The SMILES string of the molecule is C#CCCC[C@]1(C)CCCC12OCCO2. The van der Waals surface area contributed by atoms with Crippen molar-refractivity contribution in [2.45, 2.75) is 51.2 Å². The molecule has 2 fully saturated rings. The van der Waals surface area contributed by atoms with E-state index in [0.29, 0.717) is 0 Å². The van der Waals surface area contributed by atoms with Gasteiger partial charge in [-0.1, -0.05) is 6.92 Å². The predicted octanol–water partition coefficient (Wildman–Crippen LogP) is 2.72. The molecule has 2 heteroatoms. The molecule has 0 aromatic rings. The van der Waals surface area contributed by atoms with Crippen LogP contribution in [0.5, 0.6) is 0 Å². The zero-order valence-electron chi connectivity index (χ0n) is 9.55. The Morgan fingerprint density at radius 3 is 2.67 bits per heavy atom. The van der Waals surface area contributed by atoms with Crippen molar-refractivity contribution in [3.05, 3.63) is 0 Å². The molecular weight excluding hydrogens is 188 g/mol. The Labute approximate surface area is 92.3 Å². The van der Waals surface area contributed by atoms with Crippen molar-refractivity contribution in [1.82, 2.24) is 0 Å². The van der Waals surface area contributed by atoms with Crippen LogP contribution in [0.3, 0.4) is 0 Å². The van der Waals surface area contributed by atoms with Gasteiger partial charge in [-0.25, -0.2) is 0 Å². The summed E-state index contributed by atoms with van der Waals surface area (Å²) >= 11 is 0. The fourth-order valence-electron chi connectivity index (χ4n) is 3.05. The number of hydrogen-bond acceptors (Lipinski definition) is 2. The molecule has 2 nitrogen and oxygen atoms in total. The second kappa shape index (κ2) is 4.15. The Bertz CT molecular complexity index is 255. The van der Waals surface area contributed by atoms with E-state index in [9.17, 15) is 0 Å². The summed E-state index contributed by atoms with van der Waals surface area (Å²) in [5.74, 6) is 2.43. The summed E-state index contributed by atoms with van der Waals surface area (Å²) in [6, 6.07) is 0. The van der Waals surface area contributed by atoms with Crippen molar-refractivity contribution in [3.63, 3.8) is 0 Å². The van der Waals surface area contributed by atoms with Crippen molar-refractivity contribution >= 4 is 0 Å². The molecule has 15 heavy (non-hydrogen) atoms. The van der Waals surface area contributed by atoms with Crippen molar-refractivity contribution in [2.75, 3.05) is 13.2 Å². The molecule has 0 bridgehead atoms. The highest BCUT2D eigenvalue weighted by Gasteiger charge is 2.55. The van der Waals surface area contributed by atoms with Gasteiger partial charge in [0.05, 0.1) is 13.2 Å². The molecule has 2 aliphatic rings. The summed E-state index contributed by atoms with van der Waals surface area (Å²) in [4.78, 5) is 0. The molecule has 0 aromatic heterocycles. The summed E-state index contributed by atoms with van der Waals surface area (Å²) in [5.41, 5.74) is 0.181. The van der Waals surface area contributed by atoms with E-state index in [1.807, 2.05) is 0 Å². The van der Waals surface area contributed by atoms with Crippen molar-refractivity contribution in [2.24, 2.45) is 5.41 Å². The fourth-order valence-corrected chi connectivity index (χ4v) is 3.05. The molecule has 1 saturated carbocycles. The number of hydrogen-bond donors (Lipinski definition) is 0. The smallest absolute Gasteiger partial charge is 0.173 e. The van der Waals surface area contributed by atoms with Gasteiger partial charge in [-0.05, 0) is 25.7 Å². The lowest BCUT2D eigenvalue weighted by Gasteiger charge is -2.39. The summed E-state index contributed by atoms with van der Waals surface area (Å²) in [6.45, 7) is 3.80. The number of rotatable bonds is 3. The Morgan fingerprint density at radius 2 is 2.00 bits per heavy atom. The van der Waals surface area contributed by atoms with Gasteiger partial charge in [0.25, 0.3) is 0 Å². The average Bonchev–Trinajstić information content (AvgIpc) is 2.79. The number of ether oxygens (including phenoxy) is 2. The van der Waals surface area contributed by atoms with Crippen LogP contribution in [0, 0.1) is 17.8 Å². The average molecular weight is 208 g/mol. The first kappa shape index (κ1) is 11.0. The minimum absolute atomic E-state index is 0.181. The van der Waals surface area contributed by atoms with Gasteiger partial charge in [-0.15, -0.1) is 12.3 Å². The molecular formula is C13H20O2. The monoisotopic (exact) mass is 208 g/mol. The number of unbranched alkanes of at least 4 members (excludes halogenated alkanes) is 1. The van der Waals surface area contributed by atoms with Crippen LogP contribution in [-0.4, -0.2) is 19.0 Å². The van der Waals surface area contributed by atoms with Gasteiger partial charge in [0.2, 0.25) is 0 Å². The highest BCUT2D eigenvalue weighted by atomic mass is 16.7. The lowest BCUT2D eigenvalue weighted by Crippen LogP contribution is -2.43. The molecule has 1 spiro atoms. The maximum atomic E-state index is 5.87. The van der Waals surface area contributed by atoms with Crippen molar-refractivity contribution in [3.8, 4) is 12.3 Å². The Hall–Kier alpha value is -0.520.